The SMILES string of the molecule is CN1CCC[C@@H](CN(CCc2ccccc2)C(=O)c2ccc3c(c2)OCO3)C1. The lowest BCUT2D eigenvalue weighted by atomic mass is 9.97. The van der Waals surface area contributed by atoms with Crippen LogP contribution in [0.2, 0.25) is 0 Å². The zero-order valence-electron chi connectivity index (χ0n) is 16.5. The molecule has 1 fully saturated rings. The lowest BCUT2D eigenvalue weighted by Gasteiger charge is -2.34. The summed E-state index contributed by atoms with van der Waals surface area (Å²) in [6.45, 7) is 3.94. The van der Waals surface area contributed by atoms with Gasteiger partial charge >= 0.3 is 0 Å². The Morgan fingerprint density at radius 2 is 1.96 bits per heavy atom. The van der Waals surface area contributed by atoms with Gasteiger partial charge in [0.2, 0.25) is 6.79 Å². The predicted molar refractivity (Wildman–Crippen MR) is 109 cm³/mol. The summed E-state index contributed by atoms with van der Waals surface area (Å²) in [7, 11) is 2.17. The minimum atomic E-state index is 0.0717. The molecule has 0 unspecified atom stereocenters. The molecule has 0 aromatic heterocycles. The van der Waals surface area contributed by atoms with Gasteiger partial charge in [-0.3, -0.25) is 4.79 Å². The molecule has 0 spiro atoms. The minimum Gasteiger partial charge on any atom is -0.454 e. The summed E-state index contributed by atoms with van der Waals surface area (Å²) in [6, 6.07) is 15.9. The Hall–Kier alpha value is -2.53. The average Bonchev–Trinajstić information content (AvgIpc) is 3.19. The lowest BCUT2D eigenvalue weighted by molar-refractivity contribution is 0.0693. The molecule has 1 saturated heterocycles. The first-order valence-electron chi connectivity index (χ1n) is 10.1. The van der Waals surface area contributed by atoms with Crippen LogP contribution in [0.3, 0.4) is 0 Å². The second-order valence-corrected chi connectivity index (χ2v) is 7.83. The summed E-state index contributed by atoms with van der Waals surface area (Å²) in [5.74, 6) is 1.96. The first kappa shape index (κ1) is 18.8. The van der Waals surface area contributed by atoms with Crippen LogP contribution in [0.25, 0.3) is 0 Å². The van der Waals surface area contributed by atoms with Crippen molar-refractivity contribution in [2.45, 2.75) is 19.3 Å². The van der Waals surface area contributed by atoms with Crippen molar-refractivity contribution in [2.24, 2.45) is 5.92 Å². The number of carbonyl (C=O) groups is 1. The molecule has 5 nitrogen and oxygen atoms in total. The molecule has 5 heteroatoms. The number of fused-ring (bicyclic) bond motifs is 1. The van der Waals surface area contributed by atoms with E-state index in [1.54, 1.807) is 0 Å². The van der Waals surface area contributed by atoms with Crippen LogP contribution < -0.4 is 9.47 Å². The van der Waals surface area contributed by atoms with Crippen molar-refractivity contribution in [3.05, 3.63) is 59.7 Å². The summed E-state index contributed by atoms with van der Waals surface area (Å²) in [6.07, 6.45) is 3.24. The van der Waals surface area contributed by atoms with E-state index in [0.29, 0.717) is 23.0 Å². The van der Waals surface area contributed by atoms with Gasteiger partial charge in [0.1, 0.15) is 0 Å². The molecule has 2 aromatic carbocycles. The highest BCUT2D eigenvalue weighted by Gasteiger charge is 2.25. The fraction of sp³-hybridized carbons (Fsp3) is 0.435. The topological polar surface area (TPSA) is 42.0 Å². The molecule has 148 valence electrons. The van der Waals surface area contributed by atoms with Crippen LogP contribution in [0.1, 0.15) is 28.8 Å². The molecule has 0 radical (unpaired) electrons. The van der Waals surface area contributed by atoms with Crippen molar-refractivity contribution >= 4 is 5.91 Å². The first-order valence-corrected chi connectivity index (χ1v) is 10.1. The fourth-order valence-electron chi connectivity index (χ4n) is 4.13. The van der Waals surface area contributed by atoms with Crippen LogP contribution in [0, 0.1) is 5.92 Å². The summed E-state index contributed by atoms with van der Waals surface area (Å²) in [5.41, 5.74) is 1.92. The Morgan fingerprint density at radius 3 is 2.79 bits per heavy atom. The van der Waals surface area contributed by atoms with E-state index >= 15 is 0 Å². The Bertz CT molecular complexity index is 809. The Kier molecular flexibility index (Phi) is 5.81. The van der Waals surface area contributed by atoms with Crippen molar-refractivity contribution in [3.63, 3.8) is 0 Å². The fourth-order valence-corrected chi connectivity index (χ4v) is 4.13. The van der Waals surface area contributed by atoms with Gasteiger partial charge in [-0.25, -0.2) is 0 Å². The number of hydrogen-bond acceptors (Lipinski definition) is 4. The molecule has 2 aromatic rings. The van der Waals surface area contributed by atoms with E-state index in [1.165, 1.54) is 18.4 Å². The monoisotopic (exact) mass is 380 g/mol. The molecule has 4 rings (SSSR count). The van der Waals surface area contributed by atoms with Crippen LogP contribution >= 0.6 is 0 Å². The number of amides is 1. The van der Waals surface area contributed by atoms with E-state index in [-0.39, 0.29) is 12.7 Å². The Labute approximate surface area is 166 Å². The number of piperidine rings is 1. The Balaban J connectivity index is 1.50. The standard InChI is InChI=1S/C23H28N2O3/c1-24-12-5-8-19(15-24)16-25(13-11-18-6-3-2-4-7-18)23(26)20-9-10-21-22(14-20)28-17-27-21/h2-4,6-7,9-10,14,19H,5,8,11-13,15-17H2,1H3/t19-/m1/s1. The number of hydrogen-bond donors (Lipinski definition) is 0. The number of nitrogens with zero attached hydrogens (tertiary/aromatic N) is 2. The van der Waals surface area contributed by atoms with E-state index in [4.69, 9.17) is 9.47 Å². The number of benzene rings is 2. The molecule has 0 N–H and O–H groups in total. The number of rotatable bonds is 6. The second kappa shape index (κ2) is 8.65. The van der Waals surface area contributed by atoms with Gasteiger partial charge in [0.25, 0.3) is 5.91 Å². The zero-order valence-corrected chi connectivity index (χ0v) is 16.5. The molecule has 0 saturated carbocycles. The van der Waals surface area contributed by atoms with Gasteiger partial charge in [0, 0.05) is 25.2 Å². The Morgan fingerprint density at radius 1 is 1.14 bits per heavy atom. The third kappa shape index (κ3) is 4.47. The van der Waals surface area contributed by atoms with Crippen molar-refractivity contribution < 1.29 is 14.3 Å². The number of ether oxygens (including phenoxy) is 2. The molecule has 2 aliphatic heterocycles. The normalized spacial score (nSPS) is 18.8. The summed E-state index contributed by atoms with van der Waals surface area (Å²) >= 11 is 0. The molecule has 2 heterocycles. The van der Waals surface area contributed by atoms with Crippen LogP contribution in [-0.4, -0.2) is 55.7 Å². The highest BCUT2D eigenvalue weighted by Crippen LogP contribution is 2.33. The molecule has 1 amide bonds. The van der Waals surface area contributed by atoms with Gasteiger partial charge in [-0.1, -0.05) is 30.3 Å². The lowest BCUT2D eigenvalue weighted by Crippen LogP contribution is -2.42. The third-order valence-electron chi connectivity index (χ3n) is 5.62. The van der Waals surface area contributed by atoms with Gasteiger partial charge < -0.3 is 19.3 Å². The molecule has 0 aliphatic carbocycles. The van der Waals surface area contributed by atoms with Crippen LogP contribution in [0.4, 0.5) is 0 Å². The number of likely N-dealkylation sites (tertiary alicyclic amines) is 1. The van der Waals surface area contributed by atoms with E-state index in [2.05, 4.69) is 36.2 Å². The molecular formula is C23H28N2O3. The summed E-state index contributed by atoms with van der Waals surface area (Å²) in [5, 5.41) is 0. The van der Waals surface area contributed by atoms with Gasteiger partial charge in [0.05, 0.1) is 0 Å². The largest absolute Gasteiger partial charge is 0.454 e. The molecule has 28 heavy (non-hydrogen) atoms. The van der Waals surface area contributed by atoms with E-state index in [1.807, 2.05) is 29.2 Å². The highest BCUT2D eigenvalue weighted by atomic mass is 16.7. The second-order valence-electron chi connectivity index (χ2n) is 7.83. The first-order chi connectivity index (χ1) is 13.7. The van der Waals surface area contributed by atoms with Gasteiger partial charge in [-0.15, -0.1) is 0 Å². The highest BCUT2D eigenvalue weighted by molar-refractivity contribution is 5.95. The van der Waals surface area contributed by atoms with Crippen molar-refractivity contribution in [1.82, 2.24) is 9.80 Å². The molecule has 0 bridgehead atoms. The van der Waals surface area contributed by atoms with Gasteiger partial charge in [-0.05, 0) is 62.5 Å². The van der Waals surface area contributed by atoms with Crippen LogP contribution in [0.15, 0.2) is 48.5 Å². The van der Waals surface area contributed by atoms with Gasteiger partial charge in [-0.2, -0.15) is 0 Å². The van der Waals surface area contributed by atoms with E-state index < -0.39 is 0 Å². The maximum atomic E-state index is 13.3. The quantitative estimate of drug-likeness (QED) is 0.770. The summed E-state index contributed by atoms with van der Waals surface area (Å²) < 4.78 is 10.8. The average molecular weight is 380 g/mol. The van der Waals surface area contributed by atoms with E-state index in [0.717, 1.165) is 32.6 Å². The summed E-state index contributed by atoms with van der Waals surface area (Å²) in [4.78, 5) is 17.7. The molecular weight excluding hydrogens is 352 g/mol. The predicted octanol–water partition coefficient (Wildman–Crippen LogP) is 3.44. The van der Waals surface area contributed by atoms with E-state index in [9.17, 15) is 4.79 Å². The maximum absolute atomic E-state index is 13.3. The maximum Gasteiger partial charge on any atom is 0.254 e. The zero-order chi connectivity index (χ0) is 19.3. The van der Waals surface area contributed by atoms with Crippen molar-refractivity contribution in [3.8, 4) is 11.5 Å². The van der Waals surface area contributed by atoms with Crippen LogP contribution in [0.5, 0.6) is 11.5 Å². The van der Waals surface area contributed by atoms with Crippen molar-refractivity contribution in [1.29, 1.82) is 0 Å². The minimum absolute atomic E-state index is 0.0717. The van der Waals surface area contributed by atoms with Gasteiger partial charge in [0.15, 0.2) is 11.5 Å². The number of carbonyl (C=O) groups excluding carboxylic acids is 1. The molecule has 1 atom stereocenters. The third-order valence-corrected chi connectivity index (χ3v) is 5.62. The van der Waals surface area contributed by atoms with Crippen LogP contribution in [-0.2, 0) is 6.42 Å². The van der Waals surface area contributed by atoms with Crippen molar-refractivity contribution in [2.75, 3.05) is 40.0 Å². The smallest absolute Gasteiger partial charge is 0.254 e. The molecule has 2 aliphatic rings.